The molecule has 0 radical (unpaired) electrons. The molecule has 1 aromatic carbocycles. The van der Waals surface area contributed by atoms with Crippen molar-refractivity contribution in [2.24, 2.45) is 0 Å². The van der Waals surface area contributed by atoms with Gasteiger partial charge < -0.3 is 19.7 Å². The first-order valence-electron chi connectivity index (χ1n) is 8.18. The first-order chi connectivity index (χ1) is 11.8. The van der Waals surface area contributed by atoms with E-state index < -0.39 is 5.60 Å². The van der Waals surface area contributed by atoms with Gasteiger partial charge in [-0.15, -0.1) is 0 Å². The number of carbonyl (C=O) groups excluding carboxylic acids is 2. The molecule has 2 rings (SSSR count). The first kappa shape index (κ1) is 18.6. The Labute approximate surface area is 147 Å². The van der Waals surface area contributed by atoms with E-state index in [1.165, 1.54) is 0 Å². The Balaban J connectivity index is 1.78. The molecule has 7 nitrogen and oxygen atoms in total. The Morgan fingerprint density at radius 2 is 2.08 bits per heavy atom. The molecule has 1 fully saturated rings. The molecule has 0 aromatic heterocycles. The standard InChI is InChI=1S/C18H23N3O4/c1-18(2,3)25-17(23)21-9-8-14(11-21)20-16(22)12-24-15-7-5-4-6-13(15)10-19/h4-7,14H,8-9,11-12H2,1-3H3,(H,20,22). The van der Waals surface area contributed by atoms with E-state index in [9.17, 15) is 9.59 Å². The van der Waals surface area contributed by atoms with E-state index in [1.54, 1.807) is 29.2 Å². The van der Waals surface area contributed by atoms with E-state index in [0.29, 0.717) is 30.8 Å². The van der Waals surface area contributed by atoms with Crippen molar-refractivity contribution >= 4 is 12.0 Å². The summed E-state index contributed by atoms with van der Waals surface area (Å²) in [4.78, 5) is 25.6. The minimum Gasteiger partial charge on any atom is -0.482 e. The van der Waals surface area contributed by atoms with Gasteiger partial charge in [0.25, 0.3) is 5.91 Å². The van der Waals surface area contributed by atoms with Gasteiger partial charge in [0.1, 0.15) is 17.4 Å². The lowest BCUT2D eigenvalue weighted by molar-refractivity contribution is -0.123. The number of para-hydroxylation sites is 1. The average molecular weight is 345 g/mol. The van der Waals surface area contributed by atoms with Gasteiger partial charge in [-0.1, -0.05) is 12.1 Å². The fourth-order valence-electron chi connectivity index (χ4n) is 2.47. The van der Waals surface area contributed by atoms with Crippen molar-refractivity contribution in [3.05, 3.63) is 29.8 Å². The van der Waals surface area contributed by atoms with Crippen LogP contribution < -0.4 is 10.1 Å². The zero-order valence-corrected chi connectivity index (χ0v) is 14.7. The number of nitrogens with zero attached hydrogens (tertiary/aromatic N) is 2. The highest BCUT2D eigenvalue weighted by Crippen LogP contribution is 2.17. The fourth-order valence-corrected chi connectivity index (χ4v) is 2.47. The van der Waals surface area contributed by atoms with Gasteiger partial charge >= 0.3 is 6.09 Å². The molecule has 0 aliphatic carbocycles. The third kappa shape index (κ3) is 5.68. The Bertz CT molecular complexity index is 676. The summed E-state index contributed by atoms with van der Waals surface area (Å²) in [6, 6.07) is 8.63. The first-order valence-corrected chi connectivity index (χ1v) is 8.18. The molecule has 0 bridgehead atoms. The topological polar surface area (TPSA) is 91.7 Å². The van der Waals surface area contributed by atoms with E-state index in [1.807, 2.05) is 26.8 Å². The molecule has 1 saturated heterocycles. The van der Waals surface area contributed by atoms with Gasteiger partial charge in [-0.2, -0.15) is 5.26 Å². The number of likely N-dealkylation sites (tertiary alicyclic amines) is 1. The predicted octanol–water partition coefficient (Wildman–Crippen LogP) is 2.06. The Hall–Kier alpha value is -2.75. The minimum atomic E-state index is -0.541. The summed E-state index contributed by atoms with van der Waals surface area (Å²) in [5, 5.41) is 11.8. The molecule has 1 atom stereocenters. The van der Waals surface area contributed by atoms with Gasteiger partial charge in [-0.3, -0.25) is 4.79 Å². The van der Waals surface area contributed by atoms with Crippen LogP contribution >= 0.6 is 0 Å². The molecular formula is C18H23N3O4. The number of nitrogens with one attached hydrogen (secondary N) is 1. The monoisotopic (exact) mass is 345 g/mol. The fraction of sp³-hybridized carbons (Fsp3) is 0.500. The minimum absolute atomic E-state index is 0.130. The Morgan fingerprint density at radius 3 is 2.76 bits per heavy atom. The lowest BCUT2D eigenvalue weighted by atomic mass is 10.2. The van der Waals surface area contributed by atoms with Crippen LogP contribution in [0.15, 0.2) is 24.3 Å². The van der Waals surface area contributed by atoms with Crippen LogP contribution in [0.5, 0.6) is 5.75 Å². The molecular weight excluding hydrogens is 322 g/mol. The highest BCUT2D eigenvalue weighted by molar-refractivity contribution is 5.78. The normalized spacial score (nSPS) is 16.9. The summed E-state index contributed by atoms with van der Waals surface area (Å²) in [6.45, 7) is 6.22. The number of amides is 2. The molecule has 1 unspecified atom stereocenters. The summed E-state index contributed by atoms with van der Waals surface area (Å²) in [7, 11) is 0. The zero-order chi connectivity index (χ0) is 18.4. The second-order valence-electron chi connectivity index (χ2n) is 6.88. The zero-order valence-electron chi connectivity index (χ0n) is 14.7. The predicted molar refractivity (Wildman–Crippen MR) is 91.0 cm³/mol. The molecule has 1 aromatic rings. The van der Waals surface area contributed by atoms with Crippen LogP contribution in [0.25, 0.3) is 0 Å². The number of rotatable bonds is 4. The van der Waals surface area contributed by atoms with Crippen molar-refractivity contribution in [2.75, 3.05) is 19.7 Å². The molecule has 1 aliphatic heterocycles. The SMILES string of the molecule is CC(C)(C)OC(=O)N1CCC(NC(=O)COc2ccccc2C#N)C1. The largest absolute Gasteiger partial charge is 0.482 e. The lowest BCUT2D eigenvalue weighted by Crippen LogP contribution is -2.41. The average Bonchev–Trinajstić information content (AvgIpc) is 3.00. The Morgan fingerprint density at radius 1 is 1.36 bits per heavy atom. The summed E-state index contributed by atoms with van der Waals surface area (Å²) in [6.07, 6.45) is 0.295. The number of carbonyl (C=O) groups is 2. The van der Waals surface area contributed by atoms with Crippen molar-refractivity contribution in [1.82, 2.24) is 10.2 Å². The maximum Gasteiger partial charge on any atom is 0.410 e. The third-order valence-electron chi connectivity index (χ3n) is 3.57. The van der Waals surface area contributed by atoms with E-state index in [0.717, 1.165) is 0 Å². The van der Waals surface area contributed by atoms with Crippen LogP contribution in [-0.2, 0) is 9.53 Å². The van der Waals surface area contributed by atoms with Gasteiger partial charge in [-0.25, -0.2) is 4.79 Å². The van der Waals surface area contributed by atoms with E-state index in [-0.39, 0.29) is 24.6 Å². The van der Waals surface area contributed by atoms with Gasteiger partial charge in [-0.05, 0) is 39.3 Å². The summed E-state index contributed by atoms with van der Waals surface area (Å²) >= 11 is 0. The van der Waals surface area contributed by atoms with Crippen LogP contribution in [0.1, 0.15) is 32.8 Å². The Kier molecular flexibility index (Phi) is 5.86. The third-order valence-corrected chi connectivity index (χ3v) is 3.57. The number of benzene rings is 1. The van der Waals surface area contributed by atoms with Crippen molar-refractivity contribution in [1.29, 1.82) is 5.26 Å². The lowest BCUT2D eigenvalue weighted by Gasteiger charge is -2.24. The highest BCUT2D eigenvalue weighted by Gasteiger charge is 2.30. The molecule has 25 heavy (non-hydrogen) atoms. The van der Waals surface area contributed by atoms with Gasteiger partial charge in [0.2, 0.25) is 0 Å². The van der Waals surface area contributed by atoms with Crippen LogP contribution in [0.3, 0.4) is 0 Å². The van der Waals surface area contributed by atoms with Crippen molar-refractivity contribution in [3.63, 3.8) is 0 Å². The van der Waals surface area contributed by atoms with Gasteiger partial charge in [0.15, 0.2) is 6.61 Å². The number of nitriles is 1. The van der Waals surface area contributed by atoms with Crippen LogP contribution in [0.2, 0.25) is 0 Å². The molecule has 2 amide bonds. The summed E-state index contributed by atoms with van der Waals surface area (Å²) in [5.41, 5.74) is -0.160. The molecule has 1 heterocycles. The van der Waals surface area contributed by atoms with Crippen molar-refractivity contribution in [3.8, 4) is 11.8 Å². The van der Waals surface area contributed by atoms with E-state index >= 15 is 0 Å². The highest BCUT2D eigenvalue weighted by atomic mass is 16.6. The van der Waals surface area contributed by atoms with Crippen LogP contribution in [0, 0.1) is 11.3 Å². The number of hydrogen-bond acceptors (Lipinski definition) is 5. The van der Waals surface area contributed by atoms with E-state index in [4.69, 9.17) is 14.7 Å². The molecule has 1 aliphatic rings. The smallest absolute Gasteiger partial charge is 0.410 e. The maximum atomic E-state index is 12.0. The molecule has 0 saturated carbocycles. The van der Waals surface area contributed by atoms with Gasteiger partial charge in [0.05, 0.1) is 5.56 Å². The quantitative estimate of drug-likeness (QED) is 0.902. The van der Waals surface area contributed by atoms with Crippen molar-refractivity contribution in [2.45, 2.75) is 38.8 Å². The van der Waals surface area contributed by atoms with Gasteiger partial charge in [0, 0.05) is 19.1 Å². The molecule has 134 valence electrons. The number of ether oxygens (including phenoxy) is 2. The summed E-state index contributed by atoms with van der Waals surface area (Å²) in [5.74, 6) is 0.0886. The van der Waals surface area contributed by atoms with Crippen molar-refractivity contribution < 1.29 is 19.1 Å². The second kappa shape index (κ2) is 7.88. The maximum absolute atomic E-state index is 12.0. The van der Waals surface area contributed by atoms with E-state index in [2.05, 4.69) is 5.32 Å². The molecule has 7 heteroatoms. The summed E-state index contributed by atoms with van der Waals surface area (Å²) < 4.78 is 10.7. The molecule has 0 spiro atoms. The van der Waals surface area contributed by atoms with Crippen LogP contribution in [0.4, 0.5) is 4.79 Å². The number of hydrogen-bond donors (Lipinski definition) is 1. The van der Waals surface area contributed by atoms with Crippen LogP contribution in [-0.4, -0.2) is 48.2 Å². The second-order valence-corrected chi connectivity index (χ2v) is 6.88. The molecule has 1 N–H and O–H groups in total.